The van der Waals surface area contributed by atoms with E-state index < -0.39 is 11.8 Å². The number of rotatable bonds is 9. The Kier molecular flexibility index (Phi) is 7.19. The lowest BCUT2D eigenvalue weighted by molar-refractivity contribution is -0.129. The van der Waals surface area contributed by atoms with Crippen molar-refractivity contribution in [3.63, 3.8) is 0 Å². The summed E-state index contributed by atoms with van der Waals surface area (Å²) in [4.78, 5) is 39.5. The Bertz CT molecular complexity index is 1260. The molecular formula is C24H24N4O5S. The molecule has 9 nitrogen and oxygen atoms in total. The van der Waals surface area contributed by atoms with Crippen LogP contribution in [0.2, 0.25) is 0 Å². The zero-order chi connectivity index (χ0) is 24.1. The summed E-state index contributed by atoms with van der Waals surface area (Å²) < 4.78 is 12.1. The molecule has 4 rings (SSSR count). The van der Waals surface area contributed by atoms with Gasteiger partial charge < -0.3 is 19.0 Å². The van der Waals surface area contributed by atoms with Gasteiger partial charge in [0.2, 0.25) is 5.91 Å². The zero-order valence-corrected chi connectivity index (χ0v) is 19.4. The number of para-hydroxylation sites is 1. The van der Waals surface area contributed by atoms with Gasteiger partial charge in [-0.15, -0.1) is 0 Å². The molecule has 0 atom stereocenters. The summed E-state index contributed by atoms with van der Waals surface area (Å²) in [6.45, 7) is 1.29. The number of hydrogen-bond acceptors (Lipinski definition) is 6. The predicted octanol–water partition coefficient (Wildman–Crippen LogP) is 2.21. The van der Waals surface area contributed by atoms with Crippen LogP contribution in [0.4, 0.5) is 0 Å². The van der Waals surface area contributed by atoms with E-state index in [-0.39, 0.29) is 29.7 Å². The molecular weight excluding hydrogens is 456 g/mol. The van der Waals surface area contributed by atoms with Gasteiger partial charge in [-0.05, 0) is 42.9 Å². The van der Waals surface area contributed by atoms with Crippen LogP contribution >= 0.6 is 12.2 Å². The quantitative estimate of drug-likeness (QED) is 0.211. The number of amides is 3. The highest BCUT2D eigenvalue weighted by Crippen LogP contribution is 2.25. The monoisotopic (exact) mass is 480 g/mol. The Morgan fingerprint density at radius 3 is 2.82 bits per heavy atom. The minimum absolute atomic E-state index is 0.0242. The molecule has 3 amide bonds. The van der Waals surface area contributed by atoms with Gasteiger partial charge in [-0.2, -0.15) is 0 Å². The first kappa shape index (κ1) is 23.4. The number of carbonyl (C=O) groups is 3. The van der Waals surface area contributed by atoms with Crippen molar-refractivity contribution in [3.8, 4) is 0 Å². The van der Waals surface area contributed by atoms with Gasteiger partial charge in [0, 0.05) is 42.9 Å². The van der Waals surface area contributed by atoms with Gasteiger partial charge >= 0.3 is 0 Å². The molecule has 1 saturated heterocycles. The third-order valence-corrected chi connectivity index (χ3v) is 5.68. The van der Waals surface area contributed by atoms with Crippen LogP contribution in [0.5, 0.6) is 0 Å². The van der Waals surface area contributed by atoms with Crippen LogP contribution in [-0.2, 0) is 32.2 Å². The Labute approximate surface area is 201 Å². The molecule has 1 fully saturated rings. The zero-order valence-electron chi connectivity index (χ0n) is 18.6. The van der Waals surface area contributed by atoms with Crippen molar-refractivity contribution in [2.24, 2.45) is 0 Å². The lowest BCUT2D eigenvalue weighted by Gasteiger charge is -2.28. The molecule has 0 unspecified atom stereocenters. The van der Waals surface area contributed by atoms with Crippen LogP contribution in [-0.4, -0.2) is 52.6 Å². The second-order valence-corrected chi connectivity index (χ2v) is 8.10. The number of aromatic nitrogens is 1. The maximum absolute atomic E-state index is 13.2. The molecule has 1 aliphatic heterocycles. The van der Waals surface area contributed by atoms with Gasteiger partial charge in [-0.1, -0.05) is 18.2 Å². The number of thiocarbonyl (C=S) groups is 1. The van der Waals surface area contributed by atoms with Crippen molar-refractivity contribution >= 4 is 52.0 Å². The minimum atomic E-state index is -0.571. The second-order valence-electron chi connectivity index (χ2n) is 7.71. The number of benzene rings is 1. The number of carbonyl (C=O) groups excluding carboxylic acids is 3. The van der Waals surface area contributed by atoms with Crippen LogP contribution < -0.4 is 10.6 Å². The lowest BCUT2D eigenvalue weighted by Crippen LogP contribution is -2.53. The summed E-state index contributed by atoms with van der Waals surface area (Å²) in [7, 11) is 1.62. The van der Waals surface area contributed by atoms with Crippen molar-refractivity contribution in [2.75, 3.05) is 20.3 Å². The molecule has 0 aliphatic carbocycles. The average Bonchev–Trinajstić information content (AvgIpc) is 3.45. The SMILES string of the molecule is COCCCNC(=O)Cn1cc(C=C2C(=O)NC(=S)N(Cc3ccco3)C2=O)c2ccccc21. The van der Waals surface area contributed by atoms with Crippen molar-refractivity contribution in [2.45, 2.75) is 19.5 Å². The molecule has 0 bridgehead atoms. The maximum atomic E-state index is 13.2. The van der Waals surface area contributed by atoms with Gasteiger partial charge in [-0.25, -0.2) is 0 Å². The highest BCUT2D eigenvalue weighted by atomic mass is 32.1. The lowest BCUT2D eigenvalue weighted by atomic mass is 10.1. The first-order valence-corrected chi connectivity index (χ1v) is 11.1. The Balaban J connectivity index is 1.60. The van der Waals surface area contributed by atoms with Gasteiger partial charge in [0.1, 0.15) is 17.9 Å². The molecule has 1 aliphatic rings. The molecule has 2 N–H and O–H groups in total. The van der Waals surface area contributed by atoms with Gasteiger partial charge in [-0.3, -0.25) is 24.6 Å². The highest BCUT2D eigenvalue weighted by Gasteiger charge is 2.34. The Hall–Kier alpha value is -3.76. The number of ether oxygens (including phenoxy) is 1. The Morgan fingerprint density at radius 2 is 2.06 bits per heavy atom. The normalized spacial score (nSPS) is 15.3. The van der Waals surface area contributed by atoms with Crippen molar-refractivity contribution in [1.29, 1.82) is 0 Å². The van der Waals surface area contributed by atoms with Crippen LogP contribution in [0, 0.1) is 0 Å². The first-order chi connectivity index (χ1) is 16.5. The maximum Gasteiger partial charge on any atom is 0.266 e. The third-order valence-electron chi connectivity index (χ3n) is 5.36. The van der Waals surface area contributed by atoms with E-state index >= 15 is 0 Å². The fraction of sp³-hybridized carbons (Fsp3) is 0.250. The van der Waals surface area contributed by atoms with Crippen LogP contribution in [0.15, 0.2) is 58.8 Å². The van der Waals surface area contributed by atoms with E-state index in [0.717, 1.165) is 17.3 Å². The Morgan fingerprint density at radius 1 is 1.24 bits per heavy atom. The standard InChI is InChI=1S/C24H24N4O5S/c1-32-10-5-9-25-21(29)15-27-13-16(18-7-2-3-8-20(18)27)12-19-22(30)26-24(34)28(23(19)31)14-17-6-4-11-33-17/h2-4,6-8,11-13H,5,9-10,14-15H2,1H3,(H,25,29)(H,26,30,34). The van der Waals surface area contributed by atoms with Crippen LogP contribution in [0.25, 0.3) is 17.0 Å². The summed E-state index contributed by atoms with van der Waals surface area (Å²) in [6, 6.07) is 10.9. The van der Waals surface area contributed by atoms with E-state index in [0.29, 0.717) is 24.5 Å². The number of nitrogens with one attached hydrogen (secondary N) is 2. The summed E-state index contributed by atoms with van der Waals surface area (Å²) >= 11 is 5.20. The highest BCUT2D eigenvalue weighted by molar-refractivity contribution is 7.80. The van der Waals surface area contributed by atoms with E-state index in [2.05, 4.69) is 10.6 Å². The van der Waals surface area contributed by atoms with Crippen molar-refractivity contribution < 1.29 is 23.5 Å². The summed E-state index contributed by atoms with van der Waals surface area (Å²) in [5.41, 5.74) is 1.41. The topological polar surface area (TPSA) is 106 Å². The van der Waals surface area contributed by atoms with E-state index in [1.807, 2.05) is 24.3 Å². The van der Waals surface area contributed by atoms with E-state index in [1.54, 1.807) is 30.0 Å². The third kappa shape index (κ3) is 5.08. The molecule has 1 aromatic carbocycles. The van der Waals surface area contributed by atoms with Gasteiger partial charge in [0.05, 0.1) is 12.8 Å². The molecule has 3 heterocycles. The second kappa shape index (κ2) is 10.4. The van der Waals surface area contributed by atoms with E-state index in [1.165, 1.54) is 17.2 Å². The molecule has 176 valence electrons. The van der Waals surface area contributed by atoms with E-state index in [4.69, 9.17) is 21.4 Å². The molecule has 0 saturated carbocycles. The van der Waals surface area contributed by atoms with Crippen LogP contribution in [0.3, 0.4) is 0 Å². The number of nitrogens with zero attached hydrogens (tertiary/aromatic N) is 2. The minimum Gasteiger partial charge on any atom is -0.467 e. The number of methoxy groups -OCH3 is 1. The van der Waals surface area contributed by atoms with Crippen molar-refractivity contribution in [1.82, 2.24) is 20.1 Å². The molecule has 0 spiro atoms. The smallest absolute Gasteiger partial charge is 0.266 e. The summed E-state index contributed by atoms with van der Waals surface area (Å²) in [5.74, 6) is -0.687. The van der Waals surface area contributed by atoms with Crippen LogP contribution in [0.1, 0.15) is 17.7 Å². The molecule has 2 aromatic heterocycles. The molecule has 34 heavy (non-hydrogen) atoms. The first-order valence-electron chi connectivity index (χ1n) is 10.7. The fourth-order valence-corrected chi connectivity index (χ4v) is 3.97. The number of hydrogen-bond donors (Lipinski definition) is 2. The van der Waals surface area contributed by atoms with Gasteiger partial charge in [0.15, 0.2) is 5.11 Å². The predicted molar refractivity (Wildman–Crippen MR) is 129 cm³/mol. The fourth-order valence-electron chi connectivity index (χ4n) is 3.73. The largest absolute Gasteiger partial charge is 0.467 e. The average molecular weight is 481 g/mol. The summed E-state index contributed by atoms with van der Waals surface area (Å²) in [6.07, 6.45) is 5.52. The molecule has 3 aromatic rings. The van der Waals surface area contributed by atoms with Gasteiger partial charge in [0.25, 0.3) is 11.8 Å². The van der Waals surface area contributed by atoms with Crippen molar-refractivity contribution in [3.05, 3.63) is 65.8 Å². The number of fused-ring (bicyclic) bond motifs is 1. The summed E-state index contributed by atoms with van der Waals surface area (Å²) in [5, 5.41) is 6.27. The molecule has 10 heteroatoms. The molecule has 0 radical (unpaired) electrons. The van der Waals surface area contributed by atoms with E-state index in [9.17, 15) is 14.4 Å². The number of furan rings is 1.